The molecule has 1 aromatic heterocycles. The van der Waals surface area contributed by atoms with E-state index < -0.39 is 0 Å². The standard InChI is InChI=1S/C20H29ClN4OS.HI/c1-5-22-20(23-12-8-10-16-9-6-7-11-18(16)21)25(3)13-17-14-27-19(24-17)15(2)26-4;/h6-7,9,11,14-15H,5,8,10,12-13H2,1-4H3,(H,22,23);1H. The van der Waals surface area contributed by atoms with E-state index in [1.807, 2.05) is 32.2 Å². The summed E-state index contributed by atoms with van der Waals surface area (Å²) in [7, 11) is 3.74. The molecule has 0 bridgehead atoms. The fourth-order valence-corrected chi connectivity index (χ4v) is 3.70. The van der Waals surface area contributed by atoms with E-state index >= 15 is 0 Å². The van der Waals surface area contributed by atoms with Crippen molar-refractivity contribution >= 4 is 52.9 Å². The van der Waals surface area contributed by atoms with Crippen molar-refractivity contribution in [3.63, 3.8) is 0 Å². The van der Waals surface area contributed by atoms with E-state index in [1.54, 1.807) is 18.4 Å². The highest BCUT2D eigenvalue weighted by molar-refractivity contribution is 14.0. The van der Waals surface area contributed by atoms with Crippen LogP contribution in [0.5, 0.6) is 0 Å². The third-order valence-corrected chi connectivity index (χ3v) is 5.61. The van der Waals surface area contributed by atoms with Gasteiger partial charge in [-0.25, -0.2) is 4.98 Å². The van der Waals surface area contributed by atoms with Crippen LogP contribution in [0.15, 0.2) is 34.6 Å². The van der Waals surface area contributed by atoms with E-state index in [-0.39, 0.29) is 30.1 Å². The molecule has 8 heteroatoms. The summed E-state index contributed by atoms with van der Waals surface area (Å²) in [5, 5.41) is 7.27. The Balaban J connectivity index is 0.00000392. The van der Waals surface area contributed by atoms with Gasteiger partial charge < -0.3 is 15.0 Å². The molecule has 156 valence electrons. The number of hydrogen-bond acceptors (Lipinski definition) is 4. The number of ether oxygens (including phenoxy) is 1. The number of aliphatic imine (C=N–C) groups is 1. The largest absolute Gasteiger partial charge is 0.375 e. The van der Waals surface area contributed by atoms with Crippen molar-refractivity contribution in [2.75, 3.05) is 27.2 Å². The lowest BCUT2D eigenvalue weighted by molar-refractivity contribution is 0.119. The molecule has 1 unspecified atom stereocenters. The summed E-state index contributed by atoms with van der Waals surface area (Å²) in [5.74, 6) is 0.894. The fraction of sp³-hybridized carbons (Fsp3) is 0.500. The zero-order valence-corrected chi connectivity index (χ0v) is 20.8. The molecular weight excluding hydrogens is 507 g/mol. The molecule has 0 spiro atoms. The Hall–Kier alpha value is -0.900. The van der Waals surface area contributed by atoms with Crippen LogP contribution >= 0.6 is 46.9 Å². The fourth-order valence-electron chi connectivity index (χ4n) is 2.63. The van der Waals surface area contributed by atoms with Gasteiger partial charge in [0.1, 0.15) is 11.1 Å². The predicted molar refractivity (Wildman–Crippen MR) is 130 cm³/mol. The van der Waals surface area contributed by atoms with Crippen LogP contribution in [0.1, 0.15) is 42.6 Å². The zero-order valence-electron chi connectivity index (χ0n) is 16.9. The Morgan fingerprint density at radius 3 is 2.82 bits per heavy atom. The molecule has 0 aliphatic rings. The number of nitrogens with zero attached hydrogens (tertiary/aromatic N) is 3. The smallest absolute Gasteiger partial charge is 0.194 e. The van der Waals surface area contributed by atoms with Crippen molar-refractivity contribution in [1.82, 2.24) is 15.2 Å². The maximum absolute atomic E-state index is 6.22. The number of thiazole rings is 1. The molecule has 2 aromatic rings. The minimum atomic E-state index is 0. The second kappa shape index (κ2) is 13.3. The van der Waals surface area contributed by atoms with Gasteiger partial charge in [-0.15, -0.1) is 35.3 Å². The third kappa shape index (κ3) is 7.85. The van der Waals surface area contributed by atoms with E-state index in [2.05, 4.69) is 33.6 Å². The molecule has 0 radical (unpaired) electrons. The van der Waals surface area contributed by atoms with Gasteiger partial charge in [-0.2, -0.15) is 0 Å². The van der Waals surface area contributed by atoms with Crippen LogP contribution in [0.3, 0.4) is 0 Å². The highest BCUT2D eigenvalue weighted by Gasteiger charge is 2.12. The van der Waals surface area contributed by atoms with E-state index in [0.29, 0.717) is 6.54 Å². The third-order valence-electron chi connectivity index (χ3n) is 4.19. The number of aromatic nitrogens is 1. The van der Waals surface area contributed by atoms with Crippen LogP contribution in [0.2, 0.25) is 5.02 Å². The molecule has 0 saturated heterocycles. The van der Waals surface area contributed by atoms with Crippen LogP contribution in [0.4, 0.5) is 0 Å². The average Bonchev–Trinajstić information content (AvgIpc) is 3.13. The molecule has 1 atom stereocenters. The van der Waals surface area contributed by atoms with Gasteiger partial charge in [-0.3, -0.25) is 4.99 Å². The number of aryl methyl sites for hydroxylation is 1. The topological polar surface area (TPSA) is 49.8 Å². The molecule has 1 heterocycles. The maximum atomic E-state index is 6.22. The van der Waals surface area contributed by atoms with Crippen molar-refractivity contribution in [3.05, 3.63) is 50.9 Å². The summed E-state index contributed by atoms with van der Waals surface area (Å²) in [6, 6.07) is 7.99. The Labute approximate surface area is 194 Å². The van der Waals surface area contributed by atoms with Crippen LogP contribution in [0, 0.1) is 0 Å². The van der Waals surface area contributed by atoms with Gasteiger partial charge in [0, 0.05) is 37.6 Å². The first-order valence-electron chi connectivity index (χ1n) is 9.25. The normalized spacial score (nSPS) is 12.4. The summed E-state index contributed by atoms with van der Waals surface area (Å²) >= 11 is 7.85. The van der Waals surface area contributed by atoms with Crippen molar-refractivity contribution in [2.24, 2.45) is 4.99 Å². The molecular formula is C20H30ClIN4OS. The highest BCUT2D eigenvalue weighted by atomic mass is 127. The molecule has 0 saturated carbocycles. The number of benzene rings is 1. The minimum absolute atomic E-state index is 0. The lowest BCUT2D eigenvalue weighted by Crippen LogP contribution is -2.38. The van der Waals surface area contributed by atoms with Gasteiger partial charge >= 0.3 is 0 Å². The van der Waals surface area contributed by atoms with E-state index in [9.17, 15) is 0 Å². The van der Waals surface area contributed by atoms with Crippen LogP contribution in [-0.2, 0) is 17.7 Å². The number of guanidine groups is 1. The number of rotatable bonds is 9. The molecule has 0 fully saturated rings. The molecule has 1 N–H and O–H groups in total. The van der Waals surface area contributed by atoms with Crippen LogP contribution in [0.25, 0.3) is 0 Å². The average molecular weight is 537 g/mol. The predicted octanol–water partition coefficient (Wildman–Crippen LogP) is 5.15. The first-order valence-corrected chi connectivity index (χ1v) is 10.5. The van der Waals surface area contributed by atoms with Crippen molar-refractivity contribution in [1.29, 1.82) is 0 Å². The Morgan fingerprint density at radius 1 is 1.39 bits per heavy atom. The van der Waals surface area contributed by atoms with Crippen LogP contribution < -0.4 is 5.32 Å². The van der Waals surface area contributed by atoms with Crippen LogP contribution in [-0.4, -0.2) is 43.1 Å². The molecule has 5 nitrogen and oxygen atoms in total. The Bertz CT molecular complexity index is 741. The van der Waals surface area contributed by atoms with Gasteiger partial charge in [0.05, 0.1) is 12.2 Å². The highest BCUT2D eigenvalue weighted by Crippen LogP contribution is 2.21. The van der Waals surface area contributed by atoms with E-state index in [0.717, 1.165) is 47.6 Å². The van der Waals surface area contributed by atoms with Gasteiger partial charge in [-0.05, 0) is 38.3 Å². The van der Waals surface area contributed by atoms with Crippen molar-refractivity contribution < 1.29 is 4.74 Å². The molecule has 0 amide bonds. The van der Waals surface area contributed by atoms with Gasteiger partial charge in [0.2, 0.25) is 0 Å². The minimum Gasteiger partial charge on any atom is -0.375 e. The van der Waals surface area contributed by atoms with Crippen molar-refractivity contribution in [3.8, 4) is 0 Å². The van der Waals surface area contributed by atoms with E-state index in [4.69, 9.17) is 21.3 Å². The number of halogens is 2. The monoisotopic (exact) mass is 536 g/mol. The summed E-state index contributed by atoms with van der Waals surface area (Å²) in [6.07, 6.45) is 1.91. The maximum Gasteiger partial charge on any atom is 0.194 e. The quantitative estimate of drug-likeness (QED) is 0.208. The Kier molecular flexibility index (Phi) is 12.0. The number of methoxy groups -OCH3 is 1. The molecule has 28 heavy (non-hydrogen) atoms. The molecule has 2 rings (SSSR count). The second-order valence-electron chi connectivity index (χ2n) is 6.34. The van der Waals surface area contributed by atoms with Gasteiger partial charge in [0.15, 0.2) is 5.96 Å². The molecule has 0 aliphatic heterocycles. The SMILES string of the molecule is CCNC(=NCCCc1ccccc1Cl)N(C)Cc1csc(C(C)OC)n1.I. The molecule has 0 aliphatic carbocycles. The molecule has 1 aromatic carbocycles. The summed E-state index contributed by atoms with van der Waals surface area (Å²) in [4.78, 5) is 11.5. The lowest BCUT2D eigenvalue weighted by Gasteiger charge is -2.21. The Morgan fingerprint density at radius 2 is 2.14 bits per heavy atom. The first-order chi connectivity index (χ1) is 13.0. The van der Waals surface area contributed by atoms with Gasteiger partial charge in [-0.1, -0.05) is 29.8 Å². The van der Waals surface area contributed by atoms with Gasteiger partial charge in [0.25, 0.3) is 0 Å². The summed E-state index contributed by atoms with van der Waals surface area (Å²) < 4.78 is 5.34. The second-order valence-corrected chi connectivity index (χ2v) is 7.64. The zero-order chi connectivity index (χ0) is 19.6. The number of nitrogens with one attached hydrogen (secondary N) is 1. The summed E-state index contributed by atoms with van der Waals surface area (Å²) in [5.41, 5.74) is 2.21. The van der Waals surface area contributed by atoms with E-state index in [1.165, 1.54) is 5.56 Å². The summed E-state index contributed by atoms with van der Waals surface area (Å²) in [6.45, 7) is 6.38. The first kappa shape index (κ1) is 25.1. The van der Waals surface area contributed by atoms with Crippen molar-refractivity contribution in [2.45, 2.75) is 39.3 Å². The lowest BCUT2D eigenvalue weighted by atomic mass is 10.1. The number of hydrogen-bond donors (Lipinski definition) is 1.